The smallest absolute Gasteiger partial charge is 0.230 e. The Balaban J connectivity index is 1.78. The van der Waals surface area contributed by atoms with E-state index in [4.69, 9.17) is 4.42 Å². The Bertz CT molecular complexity index is 815. The van der Waals surface area contributed by atoms with Crippen molar-refractivity contribution in [3.63, 3.8) is 0 Å². The third kappa shape index (κ3) is 2.52. The summed E-state index contributed by atoms with van der Waals surface area (Å²) in [5.41, 5.74) is 0. The second-order valence-corrected chi connectivity index (χ2v) is 6.94. The molecule has 0 amide bonds. The SMILES string of the molecule is Cc1ccc(C(c2sc3ncnn3c2O)N2CCN(C)CC2)o1. The summed E-state index contributed by atoms with van der Waals surface area (Å²) in [6.45, 7) is 5.78. The summed E-state index contributed by atoms with van der Waals surface area (Å²) in [5, 5.41) is 14.7. The van der Waals surface area contributed by atoms with Gasteiger partial charge in [-0.05, 0) is 26.1 Å². The molecule has 4 rings (SSSR count). The fraction of sp³-hybridized carbons (Fsp3) is 0.467. The molecular weight excluding hydrogens is 314 g/mol. The van der Waals surface area contributed by atoms with Crippen LogP contribution in [0, 0.1) is 6.92 Å². The summed E-state index contributed by atoms with van der Waals surface area (Å²) >= 11 is 1.46. The Labute approximate surface area is 137 Å². The van der Waals surface area contributed by atoms with Crippen LogP contribution in [0.2, 0.25) is 0 Å². The lowest BCUT2D eigenvalue weighted by molar-refractivity contribution is 0.117. The average Bonchev–Trinajstić information content (AvgIpc) is 3.22. The molecule has 0 saturated carbocycles. The van der Waals surface area contributed by atoms with Crippen molar-refractivity contribution in [2.24, 2.45) is 0 Å². The minimum atomic E-state index is -0.106. The van der Waals surface area contributed by atoms with E-state index in [1.54, 1.807) is 0 Å². The number of rotatable bonds is 3. The van der Waals surface area contributed by atoms with Crippen LogP contribution in [-0.4, -0.2) is 62.7 Å². The molecule has 122 valence electrons. The second kappa shape index (κ2) is 5.63. The molecule has 4 heterocycles. The van der Waals surface area contributed by atoms with E-state index in [1.807, 2.05) is 19.1 Å². The number of aryl methyl sites for hydroxylation is 1. The van der Waals surface area contributed by atoms with Gasteiger partial charge in [0.05, 0.1) is 4.88 Å². The third-order valence-electron chi connectivity index (χ3n) is 4.32. The quantitative estimate of drug-likeness (QED) is 0.787. The van der Waals surface area contributed by atoms with E-state index in [-0.39, 0.29) is 11.9 Å². The molecule has 3 aromatic rings. The van der Waals surface area contributed by atoms with Crippen LogP contribution in [0.5, 0.6) is 5.88 Å². The van der Waals surface area contributed by atoms with Crippen molar-refractivity contribution in [1.29, 1.82) is 0 Å². The van der Waals surface area contributed by atoms with Crippen molar-refractivity contribution in [2.75, 3.05) is 33.2 Å². The molecule has 1 N–H and O–H groups in total. The standard InChI is InChI=1S/C15H19N5O2S/c1-10-3-4-11(22-10)12(19-7-5-18(2)6-8-19)13-14(21)20-15(23-13)16-9-17-20/h3-4,9,12,21H,5-8H2,1-2H3. The lowest BCUT2D eigenvalue weighted by Crippen LogP contribution is -2.46. The Morgan fingerprint density at radius 1 is 1.26 bits per heavy atom. The predicted molar refractivity (Wildman–Crippen MR) is 86.9 cm³/mol. The molecule has 1 fully saturated rings. The lowest BCUT2D eigenvalue weighted by Gasteiger charge is -2.36. The molecular formula is C15H19N5O2S. The van der Waals surface area contributed by atoms with E-state index < -0.39 is 0 Å². The molecule has 0 aliphatic carbocycles. The van der Waals surface area contributed by atoms with Gasteiger partial charge in [-0.2, -0.15) is 9.61 Å². The normalized spacial score (nSPS) is 18.7. The highest BCUT2D eigenvalue weighted by atomic mass is 32.1. The van der Waals surface area contributed by atoms with E-state index >= 15 is 0 Å². The highest BCUT2D eigenvalue weighted by molar-refractivity contribution is 7.17. The van der Waals surface area contributed by atoms with Crippen molar-refractivity contribution in [2.45, 2.75) is 13.0 Å². The zero-order valence-corrected chi connectivity index (χ0v) is 14.0. The Kier molecular flexibility index (Phi) is 3.59. The first kappa shape index (κ1) is 14.7. The average molecular weight is 333 g/mol. The van der Waals surface area contributed by atoms with Gasteiger partial charge in [-0.1, -0.05) is 11.3 Å². The number of likely N-dealkylation sites (N-methyl/N-ethyl adjacent to an activating group) is 1. The van der Waals surface area contributed by atoms with Crippen LogP contribution in [0.15, 0.2) is 22.9 Å². The first-order valence-corrected chi connectivity index (χ1v) is 8.45. The predicted octanol–water partition coefficient (Wildman–Crippen LogP) is 1.73. The fourth-order valence-electron chi connectivity index (χ4n) is 3.03. The number of hydrogen-bond acceptors (Lipinski definition) is 7. The Morgan fingerprint density at radius 3 is 2.70 bits per heavy atom. The van der Waals surface area contributed by atoms with Gasteiger partial charge in [-0.3, -0.25) is 4.90 Å². The zero-order chi connectivity index (χ0) is 16.0. The van der Waals surface area contributed by atoms with Crippen molar-refractivity contribution < 1.29 is 9.52 Å². The van der Waals surface area contributed by atoms with Crippen molar-refractivity contribution in [1.82, 2.24) is 24.4 Å². The van der Waals surface area contributed by atoms with Gasteiger partial charge in [0.2, 0.25) is 10.8 Å². The van der Waals surface area contributed by atoms with Crippen LogP contribution in [0.4, 0.5) is 0 Å². The molecule has 1 aliphatic rings. The highest BCUT2D eigenvalue weighted by Gasteiger charge is 2.32. The minimum absolute atomic E-state index is 0.106. The Hall–Kier alpha value is -1.90. The van der Waals surface area contributed by atoms with Crippen LogP contribution in [0.1, 0.15) is 22.4 Å². The summed E-state index contributed by atoms with van der Waals surface area (Å²) in [7, 11) is 2.13. The second-order valence-electron chi connectivity index (χ2n) is 5.93. The fourth-order valence-corrected chi connectivity index (χ4v) is 4.10. The highest BCUT2D eigenvalue weighted by Crippen LogP contribution is 2.40. The molecule has 1 atom stereocenters. The number of furan rings is 1. The van der Waals surface area contributed by atoms with Crippen molar-refractivity contribution in [3.05, 3.63) is 34.9 Å². The first-order chi connectivity index (χ1) is 11.1. The minimum Gasteiger partial charge on any atom is -0.492 e. The molecule has 23 heavy (non-hydrogen) atoms. The van der Waals surface area contributed by atoms with Crippen LogP contribution in [-0.2, 0) is 0 Å². The van der Waals surface area contributed by atoms with E-state index in [0.29, 0.717) is 4.96 Å². The number of nitrogens with zero attached hydrogens (tertiary/aromatic N) is 5. The van der Waals surface area contributed by atoms with E-state index in [9.17, 15) is 5.11 Å². The molecule has 1 aliphatic heterocycles. The summed E-state index contributed by atoms with van der Waals surface area (Å²) in [4.78, 5) is 10.4. The van der Waals surface area contributed by atoms with E-state index in [1.165, 1.54) is 22.2 Å². The number of thiazole rings is 1. The maximum absolute atomic E-state index is 10.6. The molecule has 0 aromatic carbocycles. The molecule has 8 heteroatoms. The van der Waals surface area contributed by atoms with Crippen LogP contribution in [0.3, 0.4) is 0 Å². The topological polar surface area (TPSA) is 70.0 Å². The van der Waals surface area contributed by atoms with E-state index in [2.05, 4.69) is 26.9 Å². The summed E-state index contributed by atoms with van der Waals surface area (Å²) in [5.74, 6) is 1.88. The van der Waals surface area contributed by atoms with Crippen molar-refractivity contribution in [3.8, 4) is 5.88 Å². The van der Waals surface area contributed by atoms with Gasteiger partial charge in [-0.25, -0.2) is 4.98 Å². The van der Waals surface area contributed by atoms with Crippen molar-refractivity contribution >= 4 is 16.3 Å². The summed E-state index contributed by atoms with van der Waals surface area (Å²) < 4.78 is 7.38. The lowest BCUT2D eigenvalue weighted by atomic mass is 10.1. The molecule has 1 unspecified atom stereocenters. The number of aromatic nitrogens is 3. The monoisotopic (exact) mass is 333 g/mol. The summed E-state index contributed by atoms with van der Waals surface area (Å²) in [6, 6.07) is 3.85. The van der Waals surface area contributed by atoms with Gasteiger partial charge in [0.1, 0.15) is 23.9 Å². The van der Waals surface area contributed by atoms with Crippen LogP contribution < -0.4 is 0 Å². The molecule has 0 radical (unpaired) electrons. The molecule has 0 bridgehead atoms. The maximum atomic E-state index is 10.6. The Morgan fingerprint density at radius 2 is 2.04 bits per heavy atom. The summed E-state index contributed by atoms with van der Waals surface area (Å²) in [6.07, 6.45) is 1.46. The van der Waals surface area contributed by atoms with E-state index in [0.717, 1.165) is 42.6 Å². The van der Waals surface area contributed by atoms with Gasteiger partial charge in [0.15, 0.2) is 0 Å². The molecule has 1 saturated heterocycles. The number of fused-ring (bicyclic) bond motifs is 1. The molecule has 0 spiro atoms. The first-order valence-electron chi connectivity index (χ1n) is 7.64. The van der Waals surface area contributed by atoms with Gasteiger partial charge >= 0.3 is 0 Å². The van der Waals surface area contributed by atoms with Gasteiger partial charge in [0, 0.05) is 26.2 Å². The number of hydrogen-bond donors (Lipinski definition) is 1. The number of aromatic hydroxyl groups is 1. The zero-order valence-electron chi connectivity index (χ0n) is 13.1. The molecule has 7 nitrogen and oxygen atoms in total. The van der Waals surface area contributed by atoms with Gasteiger partial charge in [-0.15, -0.1) is 0 Å². The third-order valence-corrected chi connectivity index (χ3v) is 5.41. The van der Waals surface area contributed by atoms with Crippen LogP contribution in [0.25, 0.3) is 4.96 Å². The number of piperazine rings is 1. The largest absolute Gasteiger partial charge is 0.492 e. The van der Waals surface area contributed by atoms with Gasteiger partial charge in [0.25, 0.3) is 0 Å². The maximum Gasteiger partial charge on any atom is 0.230 e. The van der Waals surface area contributed by atoms with Crippen LogP contribution >= 0.6 is 11.3 Å². The van der Waals surface area contributed by atoms with Gasteiger partial charge < -0.3 is 14.4 Å². The molecule has 3 aromatic heterocycles.